The van der Waals surface area contributed by atoms with Gasteiger partial charge in [0.2, 0.25) is 0 Å². The average Bonchev–Trinajstić information content (AvgIpc) is 2.97. The standard InChI is InChI=1S/C29H32Cl2N6O3.H2/c30-24-5-1-21(2-6-24)18-33-29(38)23-17-27(31)28(32-19-23)36-15-13-35(14-16-36)25-9-11-34(12-10-25)20-22-3-7-26(8-4-22)37(39)40;/h1-8,17,19,25H,9-16,18,20H2,(H,33,38);1H. The molecular formula is C29H34Cl2N6O3. The van der Waals surface area contributed by atoms with Crippen LogP contribution in [-0.2, 0) is 13.1 Å². The van der Waals surface area contributed by atoms with E-state index in [0.29, 0.717) is 34.0 Å². The molecular weight excluding hydrogens is 551 g/mol. The summed E-state index contributed by atoms with van der Waals surface area (Å²) in [5, 5.41) is 14.9. The van der Waals surface area contributed by atoms with Crippen LogP contribution < -0.4 is 10.2 Å². The number of carbonyl (C=O) groups excluding carboxylic acids is 1. The molecule has 40 heavy (non-hydrogen) atoms. The first-order valence-electron chi connectivity index (χ1n) is 13.5. The first-order chi connectivity index (χ1) is 19.4. The first-order valence-corrected chi connectivity index (χ1v) is 14.2. The van der Waals surface area contributed by atoms with E-state index < -0.39 is 0 Å². The number of rotatable bonds is 8. The number of pyridine rings is 1. The molecule has 1 amide bonds. The van der Waals surface area contributed by atoms with E-state index in [4.69, 9.17) is 23.2 Å². The van der Waals surface area contributed by atoms with E-state index in [1.165, 1.54) is 0 Å². The van der Waals surface area contributed by atoms with Crippen molar-refractivity contribution in [1.82, 2.24) is 20.1 Å². The Morgan fingerprint density at radius 3 is 2.25 bits per heavy atom. The molecule has 2 fully saturated rings. The van der Waals surface area contributed by atoms with E-state index in [1.54, 1.807) is 36.5 Å². The number of nitrogens with one attached hydrogen (secondary N) is 1. The van der Waals surface area contributed by atoms with Crippen LogP contribution in [0.2, 0.25) is 10.0 Å². The number of likely N-dealkylation sites (tertiary alicyclic amines) is 1. The quantitative estimate of drug-likeness (QED) is 0.285. The number of nitro benzene ring substituents is 1. The van der Waals surface area contributed by atoms with Gasteiger partial charge >= 0.3 is 0 Å². The van der Waals surface area contributed by atoms with Crippen molar-refractivity contribution < 1.29 is 11.1 Å². The Bertz CT molecular complexity index is 1330. The molecule has 0 saturated carbocycles. The zero-order chi connectivity index (χ0) is 28.1. The number of piperidine rings is 1. The largest absolute Gasteiger partial charge is 0.353 e. The molecule has 0 unspecified atom stereocenters. The number of non-ortho nitro benzene ring substituents is 1. The average molecular weight is 586 g/mol. The Balaban J connectivity index is 0.00000387. The number of halogens is 2. The second kappa shape index (κ2) is 13.0. The summed E-state index contributed by atoms with van der Waals surface area (Å²) in [7, 11) is 0. The van der Waals surface area contributed by atoms with Crippen LogP contribution in [0.1, 0.15) is 35.8 Å². The molecule has 0 spiro atoms. The Morgan fingerprint density at radius 1 is 0.975 bits per heavy atom. The number of nitrogens with zero attached hydrogens (tertiary/aromatic N) is 5. The number of hydrogen-bond acceptors (Lipinski definition) is 7. The highest BCUT2D eigenvalue weighted by Crippen LogP contribution is 2.27. The summed E-state index contributed by atoms with van der Waals surface area (Å²) in [4.78, 5) is 34.9. The summed E-state index contributed by atoms with van der Waals surface area (Å²) in [5.74, 6) is 0.495. The second-order valence-electron chi connectivity index (χ2n) is 10.3. The van der Waals surface area contributed by atoms with Gasteiger partial charge in [-0.15, -0.1) is 0 Å². The zero-order valence-electron chi connectivity index (χ0n) is 22.1. The Morgan fingerprint density at radius 2 is 1.62 bits per heavy atom. The van der Waals surface area contributed by atoms with Crippen molar-refractivity contribution in [3.05, 3.63) is 97.6 Å². The van der Waals surface area contributed by atoms with Crippen LogP contribution in [0.5, 0.6) is 0 Å². The van der Waals surface area contributed by atoms with Crippen LogP contribution in [0.15, 0.2) is 60.8 Å². The monoisotopic (exact) mass is 584 g/mol. The van der Waals surface area contributed by atoms with Crippen LogP contribution >= 0.6 is 23.2 Å². The molecule has 1 N–H and O–H groups in total. The lowest BCUT2D eigenvalue weighted by molar-refractivity contribution is -0.384. The smallest absolute Gasteiger partial charge is 0.269 e. The summed E-state index contributed by atoms with van der Waals surface area (Å²) in [6.07, 6.45) is 3.79. The van der Waals surface area contributed by atoms with Gasteiger partial charge in [-0.1, -0.05) is 47.5 Å². The minimum atomic E-state index is -0.363. The van der Waals surface area contributed by atoms with Crippen molar-refractivity contribution in [2.45, 2.75) is 32.0 Å². The van der Waals surface area contributed by atoms with Crippen molar-refractivity contribution in [2.24, 2.45) is 0 Å². The summed E-state index contributed by atoms with van der Waals surface area (Å²) >= 11 is 12.5. The lowest BCUT2D eigenvalue weighted by atomic mass is 10.0. The van der Waals surface area contributed by atoms with Gasteiger partial charge in [-0.25, -0.2) is 4.98 Å². The highest BCUT2D eigenvalue weighted by Gasteiger charge is 2.28. The van der Waals surface area contributed by atoms with Gasteiger partial charge in [-0.2, -0.15) is 0 Å². The number of benzene rings is 2. The lowest BCUT2D eigenvalue weighted by Gasteiger charge is -2.43. The minimum absolute atomic E-state index is 0. The molecule has 9 nitrogen and oxygen atoms in total. The van der Waals surface area contributed by atoms with Gasteiger partial charge in [0, 0.05) is 70.1 Å². The molecule has 0 bridgehead atoms. The van der Waals surface area contributed by atoms with Crippen LogP contribution in [0.25, 0.3) is 0 Å². The predicted octanol–water partition coefficient (Wildman–Crippen LogP) is 5.26. The number of aromatic nitrogens is 1. The molecule has 2 aromatic carbocycles. The second-order valence-corrected chi connectivity index (χ2v) is 11.1. The summed E-state index contributed by atoms with van der Waals surface area (Å²) in [6.45, 7) is 6.77. The number of anilines is 1. The lowest BCUT2D eigenvalue weighted by Crippen LogP contribution is -2.53. The molecule has 3 heterocycles. The van der Waals surface area contributed by atoms with Crippen molar-refractivity contribution >= 4 is 40.6 Å². The molecule has 0 aliphatic carbocycles. The highest BCUT2D eigenvalue weighted by molar-refractivity contribution is 6.33. The van der Waals surface area contributed by atoms with E-state index >= 15 is 0 Å². The normalized spacial score (nSPS) is 17.1. The van der Waals surface area contributed by atoms with Crippen LogP contribution in [0.4, 0.5) is 11.5 Å². The molecule has 0 atom stereocenters. The van der Waals surface area contributed by atoms with Gasteiger partial charge in [0.15, 0.2) is 0 Å². The topological polar surface area (TPSA) is 94.9 Å². The van der Waals surface area contributed by atoms with E-state index in [1.807, 2.05) is 24.3 Å². The fourth-order valence-electron chi connectivity index (χ4n) is 5.40. The summed E-state index contributed by atoms with van der Waals surface area (Å²) < 4.78 is 0. The van der Waals surface area contributed by atoms with Gasteiger partial charge in [-0.3, -0.25) is 24.7 Å². The van der Waals surface area contributed by atoms with Crippen molar-refractivity contribution in [2.75, 3.05) is 44.2 Å². The maximum absolute atomic E-state index is 12.6. The van der Waals surface area contributed by atoms with E-state index in [9.17, 15) is 14.9 Å². The maximum Gasteiger partial charge on any atom is 0.269 e. The van der Waals surface area contributed by atoms with Crippen LogP contribution in [0, 0.1) is 10.1 Å². The molecule has 2 saturated heterocycles. The molecule has 3 aromatic rings. The van der Waals surface area contributed by atoms with Gasteiger partial charge < -0.3 is 10.2 Å². The third-order valence-electron chi connectivity index (χ3n) is 7.69. The molecule has 2 aliphatic heterocycles. The Hall–Kier alpha value is -3.24. The Labute approximate surface area is 245 Å². The van der Waals surface area contributed by atoms with Crippen molar-refractivity contribution in [3.8, 4) is 0 Å². The molecule has 2 aliphatic rings. The number of hydrogen-bond donors (Lipinski definition) is 1. The molecule has 212 valence electrons. The van der Waals surface area contributed by atoms with Gasteiger partial charge in [0.1, 0.15) is 5.82 Å². The van der Waals surface area contributed by atoms with Crippen molar-refractivity contribution in [1.29, 1.82) is 0 Å². The number of nitro groups is 1. The highest BCUT2D eigenvalue weighted by atomic mass is 35.5. The van der Waals surface area contributed by atoms with Gasteiger partial charge in [0.05, 0.1) is 15.5 Å². The number of carbonyl (C=O) groups is 1. The zero-order valence-corrected chi connectivity index (χ0v) is 23.7. The molecule has 1 aromatic heterocycles. The number of piperazine rings is 1. The molecule has 5 rings (SSSR count). The van der Waals surface area contributed by atoms with Gasteiger partial charge in [0.25, 0.3) is 11.6 Å². The van der Waals surface area contributed by atoms with Crippen LogP contribution in [0.3, 0.4) is 0 Å². The Kier molecular flexibility index (Phi) is 9.16. The van der Waals surface area contributed by atoms with Crippen molar-refractivity contribution in [3.63, 3.8) is 0 Å². The van der Waals surface area contributed by atoms with E-state index in [0.717, 1.165) is 69.8 Å². The number of amides is 1. The molecule has 0 radical (unpaired) electrons. The molecule has 11 heteroatoms. The third-order valence-corrected chi connectivity index (χ3v) is 8.22. The summed E-state index contributed by atoms with van der Waals surface area (Å²) in [6, 6.07) is 16.4. The fourth-order valence-corrected chi connectivity index (χ4v) is 5.81. The maximum atomic E-state index is 12.6. The third kappa shape index (κ3) is 7.09. The predicted molar refractivity (Wildman–Crippen MR) is 159 cm³/mol. The minimum Gasteiger partial charge on any atom is -0.353 e. The van der Waals surface area contributed by atoms with Gasteiger partial charge in [-0.05, 0) is 55.3 Å². The first kappa shape index (κ1) is 28.3. The van der Waals surface area contributed by atoms with Crippen LogP contribution in [-0.4, -0.2) is 70.9 Å². The fraction of sp³-hybridized carbons (Fsp3) is 0.379. The van der Waals surface area contributed by atoms with E-state index in [2.05, 4.69) is 25.0 Å². The van der Waals surface area contributed by atoms with E-state index in [-0.39, 0.29) is 17.9 Å². The SMILES string of the molecule is O=C(NCc1ccc(Cl)cc1)c1cnc(N2CCN(C3CCN(Cc4ccc([N+](=O)[O-])cc4)CC3)CC2)c(Cl)c1.[HH]. The summed E-state index contributed by atoms with van der Waals surface area (Å²) in [5.41, 5.74) is 2.63.